The van der Waals surface area contributed by atoms with E-state index < -0.39 is 0 Å². The quantitative estimate of drug-likeness (QED) is 0.169. The predicted octanol–water partition coefficient (Wildman–Crippen LogP) is 15.6. The molecule has 2 aromatic heterocycles. The highest BCUT2D eigenvalue weighted by Gasteiger charge is 2.31. The number of rotatable bonds is 6. The van der Waals surface area contributed by atoms with Gasteiger partial charge in [0.2, 0.25) is 0 Å². The number of fused-ring (bicyclic) bond motifs is 5. The third-order valence-electron chi connectivity index (χ3n) is 12.7. The lowest BCUT2D eigenvalue weighted by molar-refractivity contribution is 0.669. The van der Waals surface area contributed by atoms with Crippen LogP contribution in [0, 0.1) is 6.92 Å². The van der Waals surface area contributed by atoms with Crippen LogP contribution in [0.4, 0.5) is 0 Å². The average molecular weight is 758 g/mol. The van der Waals surface area contributed by atoms with Crippen molar-refractivity contribution in [2.24, 2.45) is 0 Å². The van der Waals surface area contributed by atoms with Gasteiger partial charge in [0, 0.05) is 16.5 Å². The number of nitrogens with zero attached hydrogens (tertiary/aromatic N) is 1. The Kier molecular flexibility index (Phi) is 8.59. The number of benzene rings is 6. The SMILES string of the molecule is CC1=C2C3=C(C=CCC3)CC2=C(c2ccccc2)CC=C1c1cccc(-c2cccc(-c3cccc(-c4nc5c(oc6ccccc65)c(-c5ccccc5)c4C)c3)c2)c1. The van der Waals surface area contributed by atoms with Crippen LogP contribution in [-0.2, 0) is 0 Å². The second-order valence-electron chi connectivity index (χ2n) is 16.1. The molecule has 59 heavy (non-hydrogen) atoms. The number of allylic oxidation sites excluding steroid dienone is 10. The van der Waals surface area contributed by atoms with Gasteiger partial charge in [0.15, 0.2) is 5.58 Å². The molecule has 3 aliphatic carbocycles. The van der Waals surface area contributed by atoms with Crippen molar-refractivity contribution in [2.75, 3.05) is 0 Å². The summed E-state index contributed by atoms with van der Waals surface area (Å²) in [6, 6.07) is 56.8. The zero-order valence-electron chi connectivity index (χ0n) is 33.4. The molecular weight excluding hydrogens is 715 g/mol. The van der Waals surface area contributed by atoms with Gasteiger partial charge in [-0.15, -0.1) is 0 Å². The highest BCUT2D eigenvalue weighted by atomic mass is 16.3. The summed E-state index contributed by atoms with van der Waals surface area (Å²) in [7, 11) is 0. The van der Waals surface area contributed by atoms with E-state index in [0.717, 1.165) is 81.3 Å². The number of para-hydroxylation sites is 1. The van der Waals surface area contributed by atoms with Crippen LogP contribution in [0.25, 0.3) is 77.9 Å². The molecule has 11 rings (SSSR count). The summed E-state index contributed by atoms with van der Waals surface area (Å²) in [5.41, 5.74) is 25.6. The predicted molar refractivity (Wildman–Crippen MR) is 247 cm³/mol. The lowest BCUT2D eigenvalue weighted by atomic mass is 9.87. The Labute approximate surface area is 345 Å². The molecule has 2 nitrogen and oxygen atoms in total. The van der Waals surface area contributed by atoms with Crippen LogP contribution in [0.5, 0.6) is 0 Å². The minimum Gasteiger partial charge on any atom is -0.454 e. The van der Waals surface area contributed by atoms with Crippen LogP contribution >= 0.6 is 0 Å². The molecule has 2 heterocycles. The first-order valence-corrected chi connectivity index (χ1v) is 20.9. The van der Waals surface area contributed by atoms with E-state index in [1.165, 1.54) is 61.3 Å². The van der Waals surface area contributed by atoms with E-state index in [0.29, 0.717) is 0 Å². The van der Waals surface area contributed by atoms with Gasteiger partial charge in [-0.3, -0.25) is 0 Å². The molecule has 282 valence electrons. The van der Waals surface area contributed by atoms with Crippen molar-refractivity contribution in [3.8, 4) is 44.6 Å². The summed E-state index contributed by atoms with van der Waals surface area (Å²) < 4.78 is 6.50. The molecule has 0 bridgehead atoms. The Morgan fingerprint density at radius 2 is 1.14 bits per heavy atom. The molecule has 0 aliphatic heterocycles. The average Bonchev–Trinajstić information content (AvgIpc) is 3.82. The molecule has 0 N–H and O–H groups in total. The first-order valence-electron chi connectivity index (χ1n) is 20.9. The normalized spacial score (nSPS) is 15.2. The van der Waals surface area contributed by atoms with Crippen molar-refractivity contribution in [3.05, 3.63) is 221 Å². The lowest BCUT2D eigenvalue weighted by Crippen LogP contribution is -1.97. The van der Waals surface area contributed by atoms with Crippen molar-refractivity contribution >= 4 is 33.2 Å². The van der Waals surface area contributed by atoms with Crippen LogP contribution in [-0.4, -0.2) is 4.98 Å². The molecular formula is C57H43NO. The number of furan rings is 1. The molecule has 0 amide bonds. The molecule has 6 aromatic carbocycles. The fourth-order valence-corrected chi connectivity index (χ4v) is 9.84. The van der Waals surface area contributed by atoms with Crippen LogP contribution in [0.15, 0.2) is 208 Å². The second-order valence-corrected chi connectivity index (χ2v) is 16.1. The van der Waals surface area contributed by atoms with Gasteiger partial charge < -0.3 is 4.42 Å². The van der Waals surface area contributed by atoms with Gasteiger partial charge in [0.05, 0.1) is 5.69 Å². The largest absolute Gasteiger partial charge is 0.454 e. The molecule has 0 spiro atoms. The van der Waals surface area contributed by atoms with Crippen LogP contribution < -0.4 is 0 Å². The monoisotopic (exact) mass is 757 g/mol. The van der Waals surface area contributed by atoms with Crippen molar-refractivity contribution < 1.29 is 4.42 Å². The van der Waals surface area contributed by atoms with E-state index in [1.54, 1.807) is 5.57 Å². The van der Waals surface area contributed by atoms with Gasteiger partial charge in [-0.05, 0) is 153 Å². The maximum Gasteiger partial charge on any atom is 0.161 e. The third kappa shape index (κ3) is 6.06. The summed E-state index contributed by atoms with van der Waals surface area (Å²) in [6.07, 6.45) is 11.4. The van der Waals surface area contributed by atoms with Crippen molar-refractivity contribution in [1.29, 1.82) is 0 Å². The number of hydrogen-bond donors (Lipinski definition) is 0. The summed E-state index contributed by atoms with van der Waals surface area (Å²) in [5.74, 6) is 0. The van der Waals surface area contributed by atoms with Gasteiger partial charge >= 0.3 is 0 Å². The van der Waals surface area contributed by atoms with Crippen molar-refractivity contribution in [3.63, 3.8) is 0 Å². The standard InChI is InChI=1S/C57H43NO/c1-36-47(30-31-48(38-16-5-3-6-17-38)51-35-45-20-9-10-27-49(45)54(36)51)44-25-14-23-42(33-44)40-21-13-22-41(32-40)43-24-15-26-46(34-43)55-37(2)53(39-18-7-4-8-19-39)57-56(58-55)50-28-11-12-29-52(50)59-57/h3-9,11-26,28-30,32-34H,10,27,31,35H2,1-2H3. The fourth-order valence-electron chi connectivity index (χ4n) is 9.84. The first-order chi connectivity index (χ1) is 29.1. The molecule has 0 radical (unpaired) electrons. The molecule has 2 heteroatoms. The molecule has 0 fully saturated rings. The molecule has 0 saturated heterocycles. The fraction of sp³-hybridized carbons (Fsp3) is 0.105. The van der Waals surface area contributed by atoms with Crippen LogP contribution in [0.3, 0.4) is 0 Å². The van der Waals surface area contributed by atoms with E-state index in [2.05, 4.69) is 178 Å². The van der Waals surface area contributed by atoms with E-state index in [9.17, 15) is 0 Å². The van der Waals surface area contributed by atoms with Gasteiger partial charge in [-0.25, -0.2) is 4.98 Å². The minimum atomic E-state index is 0.834. The first kappa shape index (κ1) is 35.2. The topological polar surface area (TPSA) is 26.0 Å². The summed E-state index contributed by atoms with van der Waals surface area (Å²) >= 11 is 0. The third-order valence-corrected chi connectivity index (χ3v) is 12.7. The lowest BCUT2D eigenvalue weighted by Gasteiger charge is -2.17. The van der Waals surface area contributed by atoms with Gasteiger partial charge in [-0.2, -0.15) is 0 Å². The summed E-state index contributed by atoms with van der Waals surface area (Å²) in [4.78, 5) is 5.34. The molecule has 0 saturated carbocycles. The Morgan fingerprint density at radius 1 is 0.542 bits per heavy atom. The van der Waals surface area contributed by atoms with Gasteiger partial charge in [-0.1, -0.05) is 146 Å². The molecule has 0 atom stereocenters. The smallest absolute Gasteiger partial charge is 0.161 e. The number of aromatic nitrogens is 1. The Bertz CT molecular complexity index is 3150. The zero-order chi connectivity index (χ0) is 39.5. The van der Waals surface area contributed by atoms with Gasteiger partial charge in [0.1, 0.15) is 11.1 Å². The maximum absolute atomic E-state index is 6.50. The molecule has 8 aromatic rings. The summed E-state index contributed by atoms with van der Waals surface area (Å²) in [6.45, 7) is 4.53. The molecule has 3 aliphatic rings. The van der Waals surface area contributed by atoms with E-state index in [4.69, 9.17) is 9.40 Å². The minimum absolute atomic E-state index is 0.834. The highest BCUT2D eigenvalue weighted by Crippen LogP contribution is 2.50. The van der Waals surface area contributed by atoms with Crippen molar-refractivity contribution in [2.45, 2.75) is 39.5 Å². The number of pyridine rings is 1. The Hall–Kier alpha value is -7.03. The zero-order valence-corrected chi connectivity index (χ0v) is 33.4. The Balaban J connectivity index is 0.975. The van der Waals surface area contributed by atoms with Gasteiger partial charge in [0.25, 0.3) is 0 Å². The highest BCUT2D eigenvalue weighted by molar-refractivity contribution is 6.09. The van der Waals surface area contributed by atoms with Crippen LogP contribution in [0.2, 0.25) is 0 Å². The summed E-state index contributed by atoms with van der Waals surface area (Å²) in [5, 5.41) is 1.03. The van der Waals surface area contributed by atoms with Crippen molar-refractivity contribution in [1.82, 2.24) is 4.98 Å². The second kappa shape index (κ2) is 14.4. The van der Waals surface area contributed by atoms with E-state index >= 15 is 0 Å². The molecule has 0 unspecified atom stereocenters. The Morgan fingerprint density at radius 3 is 1.86 bits per heavy atom. The van der Waals surface area contributed by atoms with Crippen LogP contribution in [0.1, 0.15) is 49.3 Å². The van der Waals surface area contributed by atoms with E-state index in [-0.39, 0.29) is 0 Å². The van der Waals surface area contributed by atoms with E-state index in [1.807, 2.05) is 12.1 Å². The maximum atomic E-state index is 6.50. The number of hydrogen-bond acceptors (Lipinski definition) is 2.